The molecule has 2 aromatic carbocycles. The molecule has 2 heterocycles. The van der Waals surface area contributed by atoms with Crippen LogP contribution in [0.1, 0.15) is 12.8 Å². The van der Waals surface area contributed by atoms with Crippen LogP contribution in [0, 0.1) is 0 Å². The number of nitrogens with one attached hydrogen (secondary N) is 1. The van der Waals surface area contributed by atoms with Crippen molar-refractivity contribution in [3.8, 4) is 5.75 Å². The van der Waals surface area contributed by atoms with Crippen LogP contribution in [0.3, 0.4) is 0 Å². The normalized spacial score (nSPS) is 14.5. The molecule has 6 nitrogen and oxygen atoms in total. The topological polar surface area (TPSA) is 80.1 Å². The van der Waals surface area contributed by atoms with Crippen molar-refractivity contribution in [3.63, 3.8) is 0 Å². The van der Waals surface area contributed by atoms with Crippen molar-refractivity contribution in [2.75, 3.05) is 44.2 Å². The van der Waals surface area contributed by atoms with Gasteiger partial charge in [-0.2, -0.15) is 0 Å². The molecular weight excluding hydrogens is 437 g/mol. The van der Waals surface area contributed by atoms with Crippen LogP contribution in [0.25, 0.3) is 10.9 Å². The number of benzene rings is 2. The van der Waals surface area contributed by atoms with Crippen LogP contribution in [-0.2, 0) is 0 Å². The number of hydrogen-bond acceptors (Lipinski definition) is 4. The first-order valence-corrected chi connectivity index (χ1v) is 11.0. The summed E-state index contributed by atoms with van der Waals surface area (Å²) in [5, 5.41) is 2.25. The molecule has 3 aromatic rings. The number of unbranched alkanes of at least 4 members (excludes halogenated alkanes) is 1. The number of pyridine rings is 1. The van der Waals surface area contributed by atoms with Gasteiger partial charge in [0.25, 0.3) is 0 Å². The largest absolute Gasteiger partial charge is 0.494 e. The summed E-state index contributed by atoms with van der Waals surface area (Å²) in [4.78, 5) is 19.1. The number of fused-ring (bicyclic) bond motifs is 1. The highest BCUT2D eigenvalue weighted by atomic mass is 35.5. The summed E-state index contributed by atoms with van der Waals surface area (Å²) in [5.74, 6) is 0.788. The molecule has 0 atom stereocenters. The molecule has 3 N–H and O–H groups in total. The summed E-state index contributed by atoms with van der Waals surface area (Å²) in [6.45, 7) is 5.66. The molecular formula is C23H27Cl2N3O3. The van der Waals surface area contributed by atoms with E-state index >= 15 is 0 Å². The van der Waals surface area contributed by atoms with E-state index in [2.05, 4.69) is 14.8 Å². The first-order valence-electron chi connectivity index (χ1n) is 10.3. The predicted molar refractivity (Wildman–Crippen MR) is 128 cm³/mol. The molecule has 0 unspecified atom stereocenters. The van der Waals surface area contributed by atoms with Gasteiger partial charge in [0.1, 0.15) is 5.75 Å². The van der Waals surface area contributed by atoms with Gasteiger partial charge in [0.2, 0.25) is 5.56 Å². The van der Waals surface area contributed by atoms with E-state index in [4.69, 9.17) is 27.9 Å². The van der Waals surface area contributed by atoms with Crippen molar-refractivity contribution in [1.29, 1.82) is 0 Å². The standard InChI is InChI=1S/C23H25Cl2N3O2.H2O/c24-19-4-3-5-21(23(19)25)28-13-11-27(12-14-28)10-1-2-15-30-18-8-6-17-7-9-22(29)26-20(17)16-18;/h3-9,16H,1-2,10-15H2,(H,26,29);1H2. The second-order valence-electron chi connectivity index (χ2n) is 7.53. The van der Waals surface area contributed by atoms with Gasteiger partial charge in [-0.25, -0.2) is 0 Å². The van der Waals surface area contributed by atoms with Gasteiger partial charge in [-0.15, -0.1) is 0 Å². The lowest BCUT2D eigenvalue weighted by Crippen LogP contribution is -2.46. The SMILES string of the molecule is O.O=c1ccc2ccc(OCCCCN3CCN(c4cccc(Cl)c4Cl)CC3)cc2[nH]1. The first-order chi connectivity index (χ1) is 14.6. The van der Waals surface area contributed by atoms with Crippen LogP contribution < -0.4 is 15.2 Å². The number of ether oxygens (including phenoxy) is 1. The van der Waals surface area contributed by atoms with Gasteiger partial charge in [-0.05, 0) is 55.1 Å². The second kappa shape index (κ2) is 10.9. The maximum atomic E-state index is 11.5. The molecule has 0 radical (unpaired) electrons. The average molecular weight is 464 g/mol. The second-order valence-corrected chi connectivity index (χ2v) is 8.31. The van der Waals surface area contributed by atoms with Crippen LogP contribution in [0.15, 0.2) is 53.3 Å². The molecule has 0 spiro atoms. The molecule has 1 fully saturated rings. The van der Waals surface area contributed by atoms with E-state index in [0.717, 1.165) is 67.9 Å². The Morgan fingerprint density at radius 1 is 0.968 bits per heavy atom. The Morgan fingerprint density at radius 2 is 1.74 bits per heavy atom. The summed E-state index contributed by atoms with van der Waals surface area (Å²) < 4.78 is 5.87. The molecule has 4 rings (SSSR count). The summed E-state index contributed by atoms with van der Waals surface area (Å²) in [6, 6.07) is 14.9. The average Bonchev–Trinajstić information content (AvgIpc) is 2.76. The Kier molecular flexibility index (Phi) is 8.21. The number of aromatic nitrogens is 1. The molecule has 31 heavy (non-hydrogen) atoms. The van der Waals surface area contributed by atoms with E-state index in [-0.39, 0.29) is 11.0 Å². The smallest absolute Gasteiger partial charge is 0.248 e. The number of nitrogens with zero attached hydrogens (tertiary/aromatic N) is 2. The minimum atomic E-state index is -0.0996. The Labute approximate surface area is 191 Å². The lowest BCUT2D eigenvalue weighted by Gasteiger charge is -2.36. The quantitative estimate of drug-likeness (QED) is 0.537. The number of H-pyrrole nitrogens is 1. The summed E-state index contributed by atoms with van der Waals surface area (Å²) in [6.07, 6.45) is 2.08. The van der Waals surface area contributed by atoms with Gasteiger partial charge in [0.15, 0.2) is 0 Å². The van der Waals surface area contributed by atoms with Crippen LogP contribution >= 0.6 is 23.2 Å². The number of piperazine rings is 1. The lowest BCUT2D eigenvalue weighted by molar-refractivity contribution is 0.238. The third-order valence-corrected chi connectivity index (χ3v) is 6.29. The predicted octanol–water partition coefficient (Wildman–Crippen LogP) is 3.99. The molecule has 0 bridgehead atoms. The zero-order valence-corrected chi connectivity index (χ0v) is 18.8. The molecule has 166 valence electrons. The molecule has 0 saturated carbocycles. The molecule has 1 aliphatic heterocycles. The van der Waals surface area contributed by atoms with Crippen LogP contribution in [0.5, 0.6) is 5.75 Å². The number of rotatable bonds is 7. The van der Waals surface area contributed by atoms with E-state index < -0.39 is 0 Å². The van der Waals surface area contributed by atoms with Crippen molar-refractivity contribution in [2.45, 2.75) is 12.8 Å². The Morgan fingerprint density at radius 3 is 2.55 bits per heavy atom. The Hall–Kier alpha value is -2.25. The van der Waals surface area contributed by atoms with Crippen molar-refractivity contribution >= 4 is 39.8 Å². The fraction of sp³-hybridized carbons (Fsp3) is 0.348. The van der Waals surface area contributed by atoms with E-state index in [1.165, 1.54) is 6.07 Å². The fourth-order valence-corrected chi connectivity index (χ4v) is 4.21. The van der Waals surface area contributed by atoms with Gasteiger partial charge >= 0.3 is 0 Å². The van der Waals surface area contributed by atoms with E-state index in [9.17, 15) is 4.79 Å². The molecule has 1 aromatic heterocycles. The third kappa shape index (κ3) is 5.92. The minimum Gasteiger partial charge on any atom is -0.494 e. The summed E-state index contributed by atoms with van der Waals surface area (Å²) in [7, 11) is 0. The summed E-state index contributed by atoms with van der Waals surface area (Å²) >= 11 is 12.5. The van der Waals surface area contributed by atoms with Crippen LogP contribution in [0.4, 0.5) is 5.69 Å². The van der Waals surface area contributed by atoms with Gasteiger partial charge in [-0.1, -0.05) is 29.3 Å². The van der Waals surface area contributed by atoms with Crippen molar-refractivity contribution in [2.24, 2.45) is 0 Å². The monoisotopic (exact) mass is 463 g/mol. The number of halogens is 2. The van der Waals surface area contributed by atoms with Crippen molar-refractivity contribution in [3.05, 3.63) is 68.9 Å². The van der Waals surface area contributed by atoms with Crippen molar-refractivity contribution in [1.82, 2.24) is 9.88 Å². The fourth-order valence-electron chi connectivity index (χ4n) is 3.80. The molecule has 0 aliphatic carbocycles. The van der Waals surface area contributed by atoms with Gasteiger partial charge < -0.3 is 20.1 Å². The van der Waals surface area contributed by atoms with Crippen LogP contribution in [0.2, 0.25) is 10.0 Å². The highest BCUT2D eigenvalue weighted by molar-refractivity contribution is 6.43. The molecule has 8 heteroatoms. The number of hydrogen-bond donors (Lipinski definition) is 1. The van der Waals surface area contributed by atoms with E-state index in [0.29, 0.717) is 16.7 Å². The van der Waals surface area contributed by atoms with E-state index in [1.807, 2.05) is 42.5 Å². The molecule has 0 amide bonds. The van der Waals surface area contributed by atoms with E-state index in [1.54, 1.807) is 0 Å². The van der Waals surface area contributed by atoms with Gasteiger partial charge in [0, 0.05) is 38.3 Å². The Balaban J connectivity index is 0.00000272. The highest BCUT2D eigenvalue weighted by Crippen LogP contribution is 2.32. The minimum absolute atomic E-state index is 0. The van der Waals surface area contributed by atoms with Gasteiger partial charge in [-0.3, -0.25) is 9.69 Å². The third-order valence-electron chi connectivity index (χ3n) is 5.48. The number of anilines is 1. The lowest BCUT2D eigenvalue weighted by atomic mass is 10.2. The zero-order valence-electron chi connectivity index (χ0n) is 17.2. The highest BCUT2D eigenvalue weighted by Gasteiger charge is 2.19. The maximum absolute atomic E-state index is 11.5. The maximum Gasteiger partial charge on any atom is 0.248 e. The number of aromatic amines is 1. The molecule has 1 aliphatic rings. The van der Waals surface area contributed by atoms with Gasteiger partial charge in [0.05, 0.1) is 27.9 Å². The van der Waals surface area contributed by atoms with Crippen molar-refractivity contribution < 1.29 is 10.2 Å². The van der Waals surface area contributed by atoms with Crippen LogP contribution in [-0.4, -0.2) is 54.7 Å². The first kappa shape index (κ1) is 23.4. The zero-order chi connectivity index (χ0) is 20.9. The summed E-state index contributed by atoms with van der Waals surface area (Å²) in [5.41, 5.74) is 1.73. The molecule has 1 saturated heterocycles. The Bertz CT molecular complexity index is 1070.